The molecular formula is C14H20F3NO3. The normalized spacial score (nSPS) is 28.3. The molecule has 120 valence electrons. The summed E-state index contributed by atoms with van der Waals surface area (Å²) in [5.41, 5.74) is -0.642. The lowest BCUT2D eigenvalue weighted by atomic mass is 10.0. The van der Waals surface area contributed by atoms with Gasteiger partial charge in [-0.3, -0.25) is 4.79 Å². The zero-order valence-corrected chi connectivity index (χ0v) is 12.4. The third-order valence-corrected chi connectivity index (χ3v) is 3.84. The summed E-state index contributed by atoms with van der Waals surface area (Å²) >= 11 is 0. The van der Waals surface area contributed by atoms with Crippen molar-refractivity contribution >= 4 is 11.9 Å². The van der Waals surface area contributed by atoms with E-state index in [0.717, 1.165) is 6.42 Å². The van der Waals surface area contributed by atoms with Gasteiger partial charge in [0.2, 0.25) is 5.78 Å². The van der Waals surface area contributed by atoms with Gasteiger partial charge in [0.05, 0.1) is 0 Å². The SMILES string of the molecule is CC(C)(C)OC(=O)N1[C@@H](CCC(=O)C(F)(F)F)C[C@@H]2C[C@@H]21. The minimum absolute atomic E-state index is 0.0462. The van der Waals surface area contributed by atoms with Gasteiger partial charge in [-0.1, -0.05) is 0 Å². The smallest absolute Gasteiger partial charge is 0.444 e. The number of fused-ring (bicyclic) bond motifs is 1. The van der Waals surface area contributed by atoms with E-state index in [1.165, 1.54) is 0 Å². The Bertz CT molecular complexity index is 442. The molecule has 3 atom stereocenters. The van der Waals surface area contributed by atoms with Gasteiger partial charge in [-0.2, -0.15) is 13.2 Å². The summed E-state index contributed by atoms with van der Waals surface area (Å²) in [7, 11) is 0. The highest BCUT2D eigenvalue weighted by Crippen LogP contribution is 2.49. The van der Waals surface area contributed by atoms with E-state index in [2.05, 4.69) is 0 Å². The van der Waals surface area contributed by atoms with Gasteiger partial charge in [-0.25, -0.2) is 4.79 Å². The van der Waals surface area contributed by atoms with Crippen LogP contribution in [0, 0.1) is 5.92 Å². The average Bonchev–Trinajstić information content (AvgIpc) is 2.93. The summed E-state index contributed by atoms with van der Waals surface area (Å²) in [6.07, 6.45) is -4.27. The first kappa shape index (κ1) is 16.1. The Morgan fingerprint density at radius 3 is 2.33 bits per heavy atom. The first-order valence-electron chi connectivity index (χ1n) is 7.10. The molecule has 4 nitrogen and oxygen atoms in total. The van der Waals surface area contributed by atoms with Crippen molar-refractivity contribution in [2.24, 2.45) is 5.92 Å². The third kappa shape index (κ3) is 3.89. The Labute approximate surface area is 121 Å². The Morgan fingerprint density at radius 2 is 1.81 bits per heavy atom. The predicted molar refractivity (Wildman–Crippen MR) is 68.7 cm³/mol. The van der Waals surface area contributed by atoms with Gasteiger partial charge in [0.1, 0.15) is 5.60 Å². The van der Waals surface area contributed by atoms with Gasteiger partial charge in [0.25, 0.3) is 0 Å². The molecule has 21 heavy (non-hydrogen) atoms. The highest BCUT2D eigenvalue weighted by molar-refractivity contribution is 5.84. The largest absolute Gasteiger partial charge is 0.449 e. The molecule has 2 fully saturated rings. The molecule has 0 aromatic heterocycles. The zero-order chi connectivity index (χ0) is 16.0. The summed E-state index contributed by atoms with van der Waals surface area (Å²) in [5.74, 6) is -1.38. The molecule has 0 bridgehead atoms. The Balaban J connectivity index is 1.94. The first-order valence-corrected chi connectivity index (χ1v) is 7.10. The number of halogens is 3. The number of ketones is 1. The van der Waals surface area contributed by atoms with Crippen LogP contribution >= 0.6 is 0 Å². The topological polar surface area (TPSA) is 46.6 Å². The number of likely N-dealkylation sites (tertiary alicyclic amines) is 1. The lowest BCUT2D eigenvalue weighted by molar-refractivity contribution is -0.171. The van der Waals surface area contributed by atoms with Crippen LogP contribution < -0.4 is 0 Å². The van der Waals surface area contributed by atoms with Crippen molar-refractivity contribution < 1.29 is 27.5 Å². The number of nitrogens with zero attached hydrogens (tertiary/aromatic N) is 1. The van der Waals surface area contributed by atoms with E-state index in [-0.39, 0.29) is 18.5 Å². The number of rotatable bonds is 3. The van der Waals surface area contributed by atoms with E-state index < -0.39 is 30.1 Å². The molecule has 1 saturated heterocycles. The molecule has 0 spiro atoms. The third-order valence-electron chi connectivity index (χ3n) is 3.84. The number of carbonyl (C=O) groups is 2. The number of amides is 1. The highest BCUT2D eigenvalue weighted by atomic mass is 19.4. The van der Waals surface area contributed by atoms with E-state index in [9.17, 15) is 22.8 Å². The maximum absolute atomic E-state index is 12.2. The summed E-state index contributed by atoms with van der Waals surface area (Å²) < 4.78 is 42.0. The second-order valence-corrected chi connectivity index (χ2v) is 6.80. The standard InChI is InChI=1S/C14H20F3NO3/c1-13(2,3)21-12(20)18-9(6-8-7-10(8)18)4-5-11(19)14(15,16)17/h8-10H,4-7H2,1-3H3/t8-,9+,10+/m1/s1. The minimum Gasteiger partial charge on any atom is -0.444 e. The van der Waals surface area contributed by atoms with E-state index in [1.807, 2.05) is 0 Å². The van der Waals surface area contributed by atoms with Gasteiger partial charge in [-0.15, -0.1) is 0 Å². The van der Waals surface area contributed by atoms with Gasteiger partial charge >= 0.3 is 12.3 Å². The van der Waals surface area contributed by atoms with E-state index >= 15 is 0 Å². The van der Waals surface area contributed by atoms with Crippen LogP contribution in [0.2, 0.25) is 0 Å². The summed E-state index contributed by atoms with van der Waals surface area (Å²) in [4.78, 5) is 24.6. The molecule has 0 unspecified atom stereocenters. The number of ether oxygens (including phenoxy) is 1. The van der Waals surface area contributed by atoms with Crippen LogP contribution in [-0.2, 0) is 9.53 Å². The Kier molecular flexibility index (Phi) is 3.97. The van der Waals surface area contributed by atoms with E-state index in [0.29, 0.717) is 12.3 Å². The maximum Gasteiger partial charge on any atom is 0.449 e. The number of Topliss-reactive ketones (excluding diaryl/α,β-unsaturated/α-hetero) is 1. The van der Waals surface area contributed by atoms with Crippen LogP contribution in [0.25, 0.3) is 0 Å². The number of hydrogen-bond donors (Lipinski definition) is 0. The number of alkyl halides is 3. The fourth-order valence-corrected chi connectivity index (χ4v) is 2.85. The van der Waals surface area contributed by atoms with Crippen LogP contribution in [0.4, 0.5) is 18.0 Å². The second-order valence-electron chi connectivity index (χ2n) is 6.80. The van der Waals surface area contributed by atoms with Gasteiger partial charge in [0.15, 0.2) is 0 Å². The predicted octanol–water partition coefficient (Wildman–Crippen LogP) is 3.30. The monoisotopic (exact) mass is 307 g/mol. The zero-order valence-electron chi connectivity index (χ0n) is 12.4. The summed E-state index contributed by atoms with van der Waals surface area (Å²) in [6.45, 7) is 5.23. The summed E-state index contributed by atoms with van der Waals surface area (Å²) in [6, 6.07) is -0.249. The number of piperidine rings is 1. The lowest BCUT2D eigenvalue weighted by Gasteiger charge is -2.30. The van der Waals surface area contributed by atoms with Crippen molar-refractivity contribution in [1.29, 1.82) is 0 Å². The number of carbonyl (C=O) groups excluding carboxylic acids is 2. The van der Waals surface area contributed by atoms with Crippen molar-refractivity contribution in [3.8, 4) is 0 Å². The molecule has 7 heteroatoms. The Morgan fingerprint density at radius 1 is 1.19 bits per heavy atom. The molecule has 0 aromatic rings. The molecule has 2 rings (SSSR count). The van der Waals surface area contributed by atoms with Crippen LogP contribution in [0.5, 0.6) is 0 Å². The van der Waals surface area contributed by atoms with Crippen LogP contribution in [0.15, 0.2) is 0 Å². The number of hydrogen-bond acceptors (Lipinski definition) is 3. The van der Waals surface area contributed by atoms with Gasteiger partial charge in [0, 0.05) is 18.5 Å². The molecule has 0 radical (unpaired) electrons. The van der Waals surface area contributed by atoms with Crippen LogP contribution in [-0.4, -0.2) is 40.6 Å². The summed E-state index contributed by atoms with van der Waals surface area (Å²) in [5, 5.41) is 0. The highest BCUT2D eigenvalue weighted by Gasteiger charge is 2.55. The van der Waals surface area contributed by atoms with Gasteiger partial charge < -0.3 is 9.64 Å². The molecule has 1 aliphatic heterocycles. The van der Waals surface area contributed by atoms with Crippen LogP contribution in [0.3, 0.4) is 0 Å². The molecule has 1 amide bonds. The lowest BCUT2D eigenvalue weighted by Crippen LogP contribution is -2.42. The van der Waals surface area contributed by atoms with Crippen LogP contribution in [0.1, 0.15) is 46.5 Å². The maximum atomic E-state index is 12.2. The minimum atomic E-state index is -4.79. The van der Waals surface area contributed by atoms with E-state index in [4.69, 9.17) is 4.74 Å². The van der Waals surface area contributed by atoms with Crippen molar-refractivity contribution in [2.45, 2.75) is 70.3 Å². The average molecular weight is 307 g/mol. The molecule has 1 heterocycles. The van der Waals surface area contributed by atoms with Crippen molar-refractivity contribution in [3.05, 3.63) is 0 Å². The molecule has 1 saturated carbocycles. The van der Waals surface area contributed by atoms with E-state index in [1.54, 1.807) is 25.7 Å². The molecule has 0 N–H and O–H groups in total. The first-order chi connectivity index (χ1) is 9.49. The van der Waals surface area contributed by atoms with Crippen molar-refractivity contribution in [3.63, 3.8) is 0 Å². The quantitative estimate of drug-likeness (QED) is 0.803. The molecule has 2 aliphatic rings. The van der Waals surface area contributed by atoms with Gasteiger partial charge in [-0.05, 0) is 46.0 Å². The molecule has 0 aromatic carbocycles. The second kappa shape index (κ2) is 5.18. The molecule has 1 aliphatic carbocycles. The fraction of sp³-hybridized carbons (Fsp3) is 0.857. The Hall–Kier alpha value is -1.27. The molecular weight excluding hydrogens is 287 g/mol. The fourth-order valence-electron chi connectivity index (χ4n) is 2.85. The van der Waals surface area contributed by atoms with Crippen molar-refractivity contribution in [2.75, 3.05) is 0 Å². The van der Waals surface area contributed by atoms with Crippen molar-refractivity contribution in [1.82, 2.24) is 4.90 Å².